The standard InChI is InChI=1S/C6H6N6O12/c13-7(14)5(8(15)16,9(17)18)3-1-2-4-6(10(19)20,11(21)22)12(23)24/h1,3H,2,4H2. The lowest BCUT2D eigenvalue weighted by molar-refractivity contribution is -0.970. The van der Waals surface area contributed by atoms with Gasteiger partial charge in [0.1, 0.15) is 0 Å². The van der Waals surface area contributed by atoms with Gasteiger partial charge in [-0.3, -0.25) is 60.7 Å². The van der Waals surface area contributed by atoms with Gasteiger partial charge in [0.25, 0.3) is 0 Å². The van der Waals surface area contributed by atoms with Crippen LogP contribution in [0.2, 0.25) is 0 Å². The third kappa shape index (κ3) is 3.15. The Morgan fingerprint density at radius 1 is 0.625 bits per heavy atom. The Hall–Kier alpha value is -3.86. The summed E-state index contributed by atoms with van der Waals surface area (Å²) in [5.41, 5.74) is 0. The van der Waals surface area contributed by atoms with Crippen molar-refractivity contribution in [2.75, 3.05) is 0 Å². The molecule has 0 saturated heterocycles. The summed E-state index contributed by atoms with van der Waals surface area (Å²) in [7, 11) is 0. The normalized spacial score (nSPS) is 11.8. The molecule has 0 rings (SSSR count). The zero-order valence-electron chi connectivity index (χ0n) is 11.2. The molecule has 0 radical (unpaired) electrons. The van der Waals surface area contributed by atoms with Gasteiger partial charge in [-0.15, -0.1) is 0 Å². The maximum Gasteiger partial charge on any atom is 0.721 e. The molecule has 0 aliphatic carbocycles. The maximum atomic E-state index is 10.6. The molecule has 0 saturated carbocycles. The van der Waals surface area contributed by atoms with E-state index in [1.54, 1.807) is 0 Å². The van der Waals surface area contributed by atoms with Crippen LogP contribution in [-0.4, -0.2) is 41.1 Å². The Balaban J connectivity index is 5.61. The molecule has 0 atom stereocenters. The molecule has 0 amide bonds. The predicted octanol–water partition coefficient (Wildman–Crippen LogP) is -0.709. The lowest BCUT2D eigenvalue weighted by atomic mass is 10.1. The van der Waals surface area contributed by atoms with E-state index in [4.69, 9.17) is 0 Å². The van der Waals surface area contributed by atoms with Crippen LogP contribution in [0.15, 0.2) is 12.2 Å². The van der Waals surface area contributed by atoms with Gasteiger partial charge >= 0.3 is 11.6 Å². The van der Waals surface area contributed by atoms with Gasteiger partial charge < -0.3 is 0 Å². The molecule has 0 aliphatic rings. The van der Waals surface area contributed by atoms with E-state index in [2.05, 4.69) is 0 Å². The largest absolute Gasteiger partial charge is 0.721 e. The summed E-state index contributed by atoms with van der Waals surface area (Å²) in [5, 5.41) is 63.5. The summed E-state index contributed by atoms with van der Waals surface area (Å²) < 4.78 is 0. The van der Waals surface area contributed by atoms with Crippen molar-refractivity contribution in [1.29, 1.82) is 0 Å². The van der Waals surface area contributed by atoms with E-state index in [1.807, 2.05) is 0 Å². The average Bonchev–Trinajstić information content (AvgIpc) is 2.40. The number of nitrogens with zero attached hydrogens (tertiary/aromatic N) is 6. The van der Waals surface area contributed by atoms with Crippen molar-refractivity contribution < 1.29 is 29.5 Å². The maximum absolute atomic E-state index is 10.6. The Bertz CT molecular complexity index is 568. The summed E-state index contributed by atoms with van der Waals surface area (Å²) in [6.07, 6.45) is -2.39. The monoisotopic (exact) mass is 354 g/mol. The molecule has 24 heavy (non-hydrogen) atoms. The zero-order chi connectivity index (χ0) is 19.3. The van der Waals surface area contributed by atoms with E-state index in [-0.39, 0.29) is 12.2 Å². The predicted molar refractivity (Wildman–Crippen MR) is 65.8 cm³/mol. The van der Waals surface area contributed by atoms with Crippen LogP contribution in [-0.2, 0) is 0 Å². The quantitative estimate of drug-likeness (QED) is 0.204. The van der Waals surface area contributed by atoms with Gasteiger partial charge in [0.2, 0.25) is 0 Å². The third-order valence-electron chi connectivity index (χ3n) is 2.67. The Kier molecular flexibility index (Phi) is 5.82. The van der Waals surface area contributed by atoms with E-state index >= 15 is 0 Å². The van der Waals surface area contributed by atoms with Gasteiger partial charge in [0.05, 0.1) is 0 Å². The number of rotatable bonds is 10. The molecule has 0 heterocycles. The molecule has 132 valence electrons. The van der Waals surface area contributed by atoms with Gasteiger partial charge in [-0.2, -0.15) is 0 Å². The minimum atomic E-state index is -4.03. The fourth-order valence-electron chi connectivity index (χ4n) is 1.37. The highest BCUT2D eigenvalue weighted by molar-refractivity contribution is 4.89. The highest BCUT2D eigenvalue weighted by atomic mass is 16.7. The van der Waals surface area contributed by atoms with E-state index in [9.17, 15) is 60.7 Å². The van der Waals surface area contributed by atoms with Crippen LogP contribution in [0.1, 0.15) is 12.8 Å². The van der Waals surface area contributed by atoms with Crippen molar-refractivity contribution in [3.05, 3.63) is 72.8 Å². The number of nitro groups is 6. The SMILES string of the molecule is O=[N+]([O-])C(C=CCCC([N+](=O)[O-])([N+](=O)[O-])[N+](=O)[O-])([N+](=O)[O-])[N+](=O)[O-]. The zero-order valence-corrected chi connectivity index (χ0v) is 11.2. The summed E-state index contributed by atoms with van der Waals surface area (Å²) in [5.74, 6) is -7.93. The molecule has 0 unspecified atom stereocenters. The van der Waals surface area contributed by atoms with Crippen LogP contribution in [0.5, 0.6) is 0 Å². The van der Waals surface area contributed by atoms with Gasteiger partial charge in [-0.1, -0.05) is 6.08 Å². The topological polar surface area (TPSA) is 259 Å². The van der Waals surface area contributed by atoms with Crippen LogP contribution >= 0.6 is 0 Å². The second-order valence-corrected chi connectivity index (χ2v) is 3.95. The van der Waals surface area contributed by atoms with Crippen LogP contribution in [0.4, 0.5) is 0 Å². The van der Waals surface area contributed by atoms with Crippen LogP contribution in [0, 0.1) is 60.7 Å². The van der Waals surface area contributed by atoms with Gasteiger partial charge in [0, 0.05) is 0 Å². The minimum absolute atomic E-state index is 0.183. The molecule has 18 heteroatoms. The van der Waals surface area contributed by atoms with Crippen molar-refractivity contribution in [2.45, 2.75) is 24.4 Å². The Morgan fingerprint density at radius 3 is 1.21 bits per heavy atom. The third-order valence-corrected chi connectivity index (χ3v) is 2.67. The van der Waals surface area contributed by atoms with E-state index in [0.717, 1.165) is 0 Å². The summed E-state index contributed by atoms with van der Waals surface area (Å²) >= 11 is 0. The van der Waals surface area contributed by atoms with Crippen LogP contribution < -0.4 is 0 Å². The summed E-state index contributed by atoms with van der Waals surface area (Å²) in [6.45, 7) is 0. The smallest absolute Gasteiger partial charge is 0.253 e. The highest BCUT2D eigenvalue weighted by Gasteiger charge is 2.70. The van der Waals surface area contributed by atoms with Crippen LogP contribution in [0.3, 0.4) is 0 Å². The molecule has 0 aromatic heterocycles. The van der Waals surface area contributed by atoms with Crippen molar-refractivity contribution in [2.24, 2.45) is 0 Å². The van der Waals surface area contributed by atoms with Gasteiger partial charge in [-0.25, -0.2) is 0 Å². The molecule has 0 fully saturated rings. The molecular weight excluding hydrogens is 348 g/mol. The molecule has 0 spiro atoms. The highest BCUT2D eigenvalue weighted by Crippen LogP contribution is 2.21. The van der Waals surface area contributed by atoms with E-state index in [1.165, 1.54) is 0 Å². The summed E-state index contributed by atoms with van der Waals surface area (Å²) in [4.78, 5) is 52.3. The molecule has 0 aliphatic heterocycles. The first-order chi connectivity index (χ1) is 10.9. The molecule has 0 aromatic carbocycles. The summed E-state index contributed by atoms with van der Waals surface area (Å²) in [6, 6.07) is 0. The van der Waals surface area contributed by atoms with Crippen molar-refractivity contribution in [1.82, 2.24) is 0 Å². The first-order valence-electron chi connectivity index (χ1n) is 5.42. The average molecular weight is 354 g/mol. The lowest BCUT2D eigenvalue weighted by Gasteiger charge is -2.07. The lowest BCUT2D eigenvalue weighted by Crippen LogP contribution is -2.53. The van der Waals surface area contributed by atoms with Crippen LogP contribution in [0.25, 0.3) is 0 Å². The van der Waals surface area contributed by atoms with Crippen molar-refractivity contribution >= 4 is 0 Å². The molecular formula is C6H6N6O12. The first kappa shape index (κ1) is 20.1. The fraction of sp³-hybridized carbons (Fsp3) is 0.667. The van der Waals surface area contributed by atoms with Crippen molar-refractivity contribution in [3.8, 4) is 0 Å². The molecule has 0 bridgehead atoms. The first-order valence-corrected chi connectivity index (χ1v) is 5.42. The second kappa shape index (κ2) is 6.93. The molecule has 0 aromatic rings. The Labute approximate surface area is 128 Å². The molecule has 18 nitrogen and oxygen atoms in total. The fourth-order valence-corrected chi connectivity index (χ4v) is 1.37. The second-order valence-electron chi connectivity index (χ2n) is 3.95. The number of hydrogen-bond acceptors (Lipinski definition) is 12. The number of allylic oxidation sites excluding steroid dienone is 1. The van der Waals surface area contributed by atoms with E-state index < -0.39 is 54.0 Å². The number of hydrogen-bond donors (Lipinski definition) is 0. The molecule has 0 N–H and O–H groups in total. The van der Waals surface area contributed by atoms with E-state index in [0.29, 0.717) is 0 Å². The van der Waals surface area contributed by atoms with Gasteiger partial charge in [-0.05, 0) is 6.42 Å². The van der Waals surface area contributed by atoms with Gasteiger partial charge in [0.15, 0.2) is 42.0 Å². The van der Waals surface area contributed by atoms with Crippen molar-refractivity contribution in [3.63, 3.8) is 0 Å². The Morgan fingerprint density at radius 2 is 0.958 bits per heavy atom. The minimum Gasteiger partial charge on any atom is -0.253 e.